The molecule has 1 aromatic rings. The van der Waals surface area contributed by atoms with Gasteiger partial charge < -0.3 is 5.41 Å². The van der Waals surface area contributed by atoms with Crippen LogP contribution in [0, 0.1) is 11.3 Å². The summed E-state index contributed by atoms with van der Waals surface area (Å²) in [5.41, 5.74) is 2.92. The molecule has 3 nitrogen and oxygen atoms in total. The quantitative estimate of drug-likeness (QED) is 0.562. The lowest BCUT2D eigenvalue weighted by Crippen LogP contribution is -2.08. The van der Waals surface area contributed by atoms with Crippen molar-refractivity contribution in [3.63, 3.8) is 0 Å². The molecule has 3 heteroatoms. The van der Waals surface area contributed by atoms with Gasteiger partial charge in [-0.1, -0.05) is 6.92 Å². The third kappa shape index (κ3) is 1.05. The summed E-state index contributed by atoms with van der Waals surface area (Å²) in [7, 11) is 0. The van der Waals surface area contributed by atoms with Crippen molar-refractivity contribution in [1.29, 1.82) is 5.41 Å². The maximum absolute atomic E-state index is 7.87. The number of hydrogen-bond donors (Lipinski definition) is 2. The molecule has 64 valence electrons. The monoisotopic (exact) mass is 163 g/mol. The molecule has 0 saturated heterocycles. The molecule has 12 heavy (non-hydrogen) atoms. The third-order valence-corrected chi connectivity index (χ3v) is 2.57. The number of nitrogens with one attached hydrogen (secondary N) is 2. The van der Waals surface area contributed by atoms with E-state index in [0.717, 1.165) is 29.8 Å². The largest absolute Gasteiger partial charge is 0.304 e. The summed E-state index contributed by atoms with van der Waals surface area (Å²) in [6.07, 6.45) is 5.11. The van der Waals surface area contributed by atoms with Gasteiger partial charge in [0.05, 0.1) is 6.20 Å². The lowest BCUT2D eigenvalue weighted by atomic mass is 9.99. The van der Waals surface area contributed by atoms with E-state index in [9.17, 15) is 0 Å². The highest BCUT2D eigenvalue weighted by molar-refractivity contribution is 6.00. The highest BCUT2D eigenvalue weighted by Gasteiger charge is 2.19. The van der Waals surface area contributed by atoms with Crippen LogP contribution in [0.5, 0.6) is 0 Å². The molecule has 1 aliphatic carbocycles. The van der Waals surface area contributed by atoms with E-state index in [-0.39, 0.29) is 0 Å². The molecule has 2 rings (SSSR count). The highest BCUT2D eigenvalue weighted by Crippen LogP contribution is 2.22. The predicted octanol–water partition coefficient (Wildman–Crippen LogP) is 1.75. The number of aromatic amines is 1. The molecular weight excluding hydrogens is 150 g/mol. The van der Waals surface area contributed by atoms with Crippen molar-refractivity contribution in [3.8, 4) is 0 Å². The van der Waals surface area contributed by atoms with Crippen molar-refractivity contribution in [1.82, 2.24) is 10.2 Å². The Labute approximate surface area is 71.7 Å². The predicted molar refractivity (Wildman–Crippen MR) is 47.5 cm³/mol. The van der Waals surface area contributed by atoms with Crippen LogP contribution in [0.1, 0.15) is 31.0 Å². The Balaban J connectivity index is 2.41. The molecule has 0 radical (unpaired) electrons. The second-order valence-electron chi connectivity index (χ2n) is 3.47. The Morgan fingerprint density at radius 2 is 2.50 bits per heavy atom. The fraction of sp³-hybridized carbons (Fsp3) is 0.556. The van der Waals surface area contributed by atoms with Crippen LogP contribution >= 0.6 is 0 Å². The summed E-state index contributed by atoms with van der Waals surface area (Å²) in [5, 5.41) is 14.8. The maximum Gasteiger partial charge on any atom is 0.0580 e. The van der Waals surface area contributed by atoms with Crippen molar-refractivity contribution in [2.45, 2.75) is 26.2 Å². The van der Waals surface area contributed by atoms with Crippen LogP contribution in [0.25, 0.3) is 0 Å². The van der Waals surface area contributed by atoms with Gasteiger partial charge in [-0.3, -0.25) is 5.10 Å². The zero-order chi connectivity index (χ0) is 8.55. The first-order chi connectivity index (χ1) is 5.79. The van der Waals surface area contributed by atoms with Crippen LogP contribution in [0.15, 0.2) is 6.20 Å². The average molecular weight is 163 g/mol. The topological polar surface area (TPSA) is 52.5 Å². The number of aromatic nitrogens is 2. The molecule has 0 saturated carbocycles. The number of aryl methyl sites for hydroxylation is 1. The molecule has 0 aliphatic heterocycles. The van der Waals surface area contributed by atoms with Crippen LogP contribution in [0.3, 0.4) is 0 Å². The summed E-state index contributed by atoms with van der Waals surface area (Å²) in [4.78, 5) is 0. The van der Waals surface area contributed by atoms with Gasteiger partial charge in [0.2, 0.25) is 0 Å². The minimum absolute atomic E-state index is 0.392. The van der Waals surface area contributed by atoms with E-state index < -0.39 is 0 Å². The lowest BCUT2D eigenvalue weighted by Gasteiger charge is -2.06. The summed E-state index contributed by atoms with van der Waals surface area (Å²) in [6.45, 7) is 2.12. The van der Waals surface area contributed by atoms with E-state index in [1.54, 1.807) is 6.20 Å². The molecule has 0 bridgehead atoms. The van der Waals surface area contributed by atoms with Crippen LogP contribution in [-0.2, 0) is 6.42 Å². The van der Waals surface area contributed by atoms with Crippen LogP contribution in [0.4, 0.5) is 0 Å². The Morgan fingerprint density at radius 1 is 1.67 bits per heavy atom. The SMILES string of the molecule is CC1CCCc2[nH]ncc2C1=N. The molecule has 0 amide bonds. The Morgan fingerprint density at radius 3 is 3.33 bits per heavy atom. The molecule has 1 atom stereocenters. The van der Waals surface area contributed by atoms with Crippen molar-refractivity contribution in [2.75, 3.05) is 0 Å². The molecule has 1 heterocycles. The fourth-order valence-electron chi connectivity index (χ4n) is 1.73. The second-order valence-corrected chi connectivity index (χ2v) is 3.47. The molecule has 1 aliphatic rings. The van der Waals surface area contributed by atoms with Gasteiger partial charge in [-0.15, -0.1) is 0 Å². The molecule has 0 fully saturated rings. The minimum Gasteiger partial charge on any atom is -0.304 e. The van der Waals surface area contributed by atoms with Gasteiger partial charge in [-0.2, -0.15) is 5.10 Å². The lowest BCUT2D eigenvalue weighted by molar-refractivity contribution is 0.639. The normalized spacial score (nSPS) is 23.4. The molecule has 1 aromatic heterocycles. The van der Waals surface area contributed by atoms with Crippen molar-refractivity contribution < 1.29 is 0 Å². The second kappa shape index (κ2) is 2.73. The van der Waals surface area contributed by atoms with Crippen LogP contribution in [-0.4, -0.2) is 15.9 Å². The Kier molecular flexibility index (Phi) is 1.71. The van der Waals surface area contributed by atoms with E-state index in [0.29, 0.717) is 5.92 Å². The number of rotatable bonds is 0. The highest BCUT2D eigenvalue weighted by atomic mass is 15.1. The first-order valence-corrected chi connectivity index (χ1v) is 4.40. The number of hydrogen-bond acceptors (Lipinski definition) is 2. The first kappa shape index (κ1) is 7.53. The van der Waals surface area contributed by atoms with Crippen molar-refractivity contribution >= 4 is 5.71 Å². The average Bonchev–Trinajstić information content (AvgIpc) is 2.46. The fourth-order valence-corrected chi connectivity index (χ4v) is 1.73. The smallest absolute Gasteiger partial charge is 0.0580 e. The summed E-state index contributed by atoms with van der Waals surface area (Å²) in [6, 6.07) is 0. The number of H-pyrrole nitrogens is 1. The zero-order valence-electron chi connectivity index (χ0n) is 7.22. The molecule has 2 N–H and O–H groups in total. The molecule has 1 unspecified atom stereocenters. The zero-order valence-corrected chi connectivity index (χ0v) is 7.22. The van der Waals surface area contributed by atoms with E-state index in [2.05, 4.69) is 17.1 Å². The number of nitrogens with zero attached hydrogens (tertiary/aromatic N) is 1. The first-order valence-electron chi connectivity index (χ1n) is 4.40. The van der Waals surface area contributed by atoms with E-state index >= 15 is 0 Å². The molecule has 0 spiro atoms. The van der Waals surface area contributed by atoms with Gasteiger partial charge in [-0.25, -0.2) is 0 Å². The van der Waals surface area contributed by atoms with Gasteiger partial charge in [-0.05, 0) is 25.2 Å². The van der Waals surface area contributed by atoms with E-state index in [1.165, 1.54) is 6.42 Å². The van der Waals surface area contributed by atoms with Gasteiger partial charge in [0, 0.05) is 17.0 Å². The molecule has 0 aromatic carbocycles. The standard InChI is InChI=1S/C9H13N3/c1-6-3-2-4-8-7(9(6)10)5-11-12-8/h5-6,10H,2-4H2,1H3,(H,11,12). The van der Waals surface area contributed by atoms with Crippen molar-refractivity contribution in [2.24, 2.45) is 5.92 Å². The van der Waals surface area contributed by atoms with Crippen molar-refractivity contribution in [3.05, 3.63) is 17.5 Å². The molecular formula is C9H13N3. The van der Waals surface area contributed by atoms with Crippen LogP contribution < -0.4 is 0 Å². The minimum atomic E-state index is 0.392. The third-order valence-electron chi connectivity index (χ3n) is 2.57. The summed E-state index contributed by atoms with van der Waals surface area (Å²) in [5.74, 6) is 0.392. The summed E-state index contributed by atoms with van der Waals surface area (Å²) >= 11 is 0. The Hall–Kier alpha value is -1.12. The van der Waals surface area contributed by atoms with Gasteiger partial charge in [0.25, 0.3) is 0 Å². The Bertz CT molecular complexity index is 300. The van der Waals surface area contributed by atoms with Gasteiger partial charge in [0.15, 0.2) is 0 Å². The maximum atomic E-state index is 7.87. The number of fused-ring (bicyclic) bond motifs is 1. The van der Waals surface area contributed by atoms with E-state index in [4.69, 9.17) is 5.41 Å². The van der Waals surface area contributed by atoms with Gasteiger partial charge >= 0.3 is 0 Å². The van der Waals surface area contributed by atoms with Crippen LogP contribution in [0.2, 0.25) is 0 Å². The summed E-state index contributed by atoms with van der Waals surface area (Å²) < 4.78 is 0. The van der Waals surface area contributed by atoms with Gasteiger partial charge in [0.1, 0.15) is 0 Å². The van der Waals surface area contributed by atoms with E-state index in [1.807, 2.05) is 0 Å².